The SMILES string of the molecule is CCCCC(C(=O)NC(C(=O)N(C)C)C(C)(C)C)C(C)N(C=O)OCc1ccccc1. The molecule has 0 saturated heterocycles. The van der Waals surface area contributed by atoms with E-state index in [1.54, 1.807) is 21.0 Å². The van der Waals surface area contributed by atoms with Gasteiger partial charge in [0.1, 0.15) is 12.6 Å². The van der Waals surface area contributed by atoms with Gasteiger partial charge in [-0.25, -0.2) is 5.06 Å². The molecule has 3 amide bonds. The second-order valence-electron chi connectivity index (χ2n) is 9.25. The van der Waals surface area contributed by atoms with E-state index in [4.69, 9.17) is 4.84 Å². The first-order chi connectivity index (χ1) is 14.5. The molecule has 3 unspecified atom stereocenters. The number of carbonyl (C=O) groups is 3. The Hall–Kier alpha value is -2.41. The Kier molecular flexibility index (Phi) is 10.7. The van der Waals surface area contributed by atoms with Gasteiger partial charge in [0.15, 0.2) is 0 Å². The Balaban J connectivity index is 3.00. The van der Waals surface area contributed by atoms with Gasteiger partial charge >= 0.3 is 0 Å². The van der Waals surface area contributed by atoms with Gasteiger partial charge in [-0.1, -0.05) is 70.9 Å². The summed E-state index contributed by atoms with van der Waals surface area (Å²) >= 11 is 0. The molecule has 0 aliphatic heterocycles. The summed E-state index contributed by atoms with van der Waals surface area (Å²) in [5.74, 6) is -0.901. The number of rotatable bonds is 12. The highest BCUT2D eigenvalue weighted by Gasteiger charge is 2.37. The monoisotopic (exact) mass is 433 g/mol. The fourth-order valence-corrected chi connectivity index (χ4v) is 3.32. The van der Waals surface area contributed by atoms with Crippen LogP contribution in [0.3, 0.4) is 0 Å². The molecule has 0 saturated carbocycles. The van der Waals surface area contributed by atoms with Crippen molar-refractivity contribution >= 4 is 18.2 Å². The van der Waals surface area contributed by atoms with Gasteiger partial charge in [0.2, 0.25) is 18.2 Å². The van der Waals surface area contributed by atoms with E-state index in [0.717, 1.165) is 18.4 Å². The van der Waals surface area contributed by atoms with Gasteiger partial charge in [-0.05, 0) is 24.3 Å². The van der Waals surface area contributed by atoms with E-state index in [1.165, 1.54) is 9.96 Å². The molecular weight excluding hydrogens is 394 g/mol. The molecule has 1 rings (SSSR count). The molecule has 0 aromatic heterocycles. The third kappa shape index (κ3) is 8.32. The predicted octanol–water partition coefficient (Wildman–Crippen LogP) is 3.39. The zero-order valence-corrected chi connectivity index (χ0v) is 20.1. The maximum absolute atomic E-state index is 13.3. The summed E-state index contributed by atoms with van der Waals surface area (Å²) in [6.07, 6.45) is 2.96. The number of hydrogen-bond acceptors (Lipinski definition) is 4. The van der Waals surface area contributed by atoms with E-state index in [2.05, 4.69) is 12.2 Å². The fraction of sp³-hybridized carbons (Fsp3) is 0.625. The molecule has 7 nitrogen and oxygen atoms in total. The molecule has 1 N–H and O–H groups in total. The lowest BCUT2D eigenvalue weighted by molar-refractivity contribution is -0.197. The summed E-state index contributed by atoms with van der Waals surface area (Å²) in [4.78, 5) is 45.0. The second-order valence-corrected chi connectivity index (χ2v) is 9.25. The maximum atomic E-state index is 13.3. The lowest BCUT2D eigenvalue weighted by Gasteiger charge is -2.35. The van der Waals surface area contributed by atoms with E-state index in [-0.39, 0.29) is 18.4 Å². The van der Waals surface area contributed by atoms with Gasteiger partial charge < -0.3 is 10.2 Å². The molecule has 174 valence electrons. The van der Waals surface area contributed by atoms with Gasteiger partial charge in [0, 0.05) is 14.1 Å². The van der Waals surface area contributed by atoms with Crippen LogP contribution < -0.4 is 5.32 Å². The maximum Gasteiger partial charge on any atom is 0.245 e. The van der Waals surface area contributed by atoms with Crippen LogP contribution in [0.5, 0.6) is 0 Å². The first-order valence-electron chi connectivity index (χ1n) is 10.9. The summed E-state index contributed by atoms with van der Waals surface area (Å²) in [6, 6.07) is 8.39. The van der Waals surface area contributed by atoms with Gasteiger partial charge in [-0.2, -0.15) is 0 Å². The van der Waals surface area contributed by atoms with Crippen molar-refractivity contribution in [1.29, 1.82) is 0 Å². The van der Waals surface area contributed by atoms with E-state index in [1.807, 2.05) is 51.1 Å². The van der Waals surface area contributed by atoms with Gasteiger partial charge in [0.25, 0.3) is 0 Å². The zero-order valence-electron chi connectivity index (χ0n) is 20.1. The number of amides is 3. The summed E-state index contributed by atoms with van der Waals surface area (Å²) < 4.78 is 0. The van der Waals surface area contributed by atoms with Crippen LogP contribution in [0.2, 0.25) is 0 Å². The highest BCUT2D eigenvalue weighted by molar-refractivity contribution is 5.89. The number of nitrogens with zero attached hydrogens (tertiary/aromatic N) is 2. The molecule has 0 bridgehead atoms. The number of nitrogens with one attached hydrogen (secondary N) is 1. The normalized spacial score (nSPS) is 14.3. The number of unbranched alkanes of at least 4 members (excludes halogenated alkanes) is 1. The van der Waals surface area contributed by atoms with Gasteiger partial charge in [-0.3, -0.25) is 19.2 Å². The zero-order chi connectivity index (χ0) is 23.6. The van der Waals surface area contributed by atoms with Crippen LogP contribution in [0.1, 0.15) is 59.4 Å². The van der Waals surface area contributed by atoms with Gasteiger partial charge in [-0.15, -0.1) is 0 Å². The molecular formula is C24H39N3O4. The van der Waals surface area contributed by atoms with Crippen LogP contribution in [-0.2, 0) is 25.8 Å². The molecule has 3 atom stereocenters. The molecule has 7 heteroatoms. The lowest BCUT2D eigenvalue weighted by Crippen LogP contribution is -2.56. The van der Waals surface area contributed by atoms with E-state index in [0.29, 0.717) is 12.8 Å². The number of hydrogen-bond donors (Lipinski definition) is 1. The molecule has 0 spiro atoms. The average molecular weight is 434 g/mol. The molecule has 0 heterocycles. The molecule has 0 radical (unpaired) electrons. The Morgan fingerprint density at radius 3 is 2.26 bits per heavy atom. The largest absolute Gasteiger partial charge is 0.347 e. The molecule has 0 fully saturated rings. The highest BCUT2D eigenvalue weighted by Crippen LogP contribution is 2.24. The van der Waals surface area contributed by atoms with Crippen LogP contribution in [0.25, 0.3) is 0 Å². The Bertz CT molecular complexity index is 701. The average Bonchev–Trinajstić information content (AvgIpc) is 2.72. The minimum atomic E-state index is -0.666. The van der Waals surface area contributed by atoms with Crippen molar-refractivity contribution in [3.8, 4) is 0 Å². The van der Waals surface area contributed by atoms with Crippen LogP contribution >= 0.6 is 0 Å². The summed E-state index contributed by atoms with van der Waals surface area (Å²) in [7, 11) is 3.35. The minimum absolute atomic E-state index is 0.157. The van der Waals surface area contributed by atoms with Crippen LogP contribution in [0.15, 0.2) is 30.3 Å². The van der Waals surface area contributed by atoms with Crippen molar-refractivity contribution < 1.29 is 19.2 Å². The van der Waals surface area contributed by atoms with Crippen molar-refractivity contribution in [2.75, 3.05) is 14.1 Å². The number of likely N-dealkylation sites (N-methyl/N-ethyl adjacent to an activating group) is 1. The van der Waals surface area contributed by atoms with E-state index < -0.39 is 23.4 Å². The third-order valence-corrected chi connectivity index (χ3v) is 5.36. The summed E-state index contributed by atoms with van der Waals surface area (Å²) in [5.41, 5.74) is 0.476. The predicted molar refractivity (Wildman–Crippen MR) is 122 cm³/mol. The lowest BCUT2D eigenvalue weighted by atomic mass is 9.84. The molecule has 1 aromatic rings. The quantitative estimate of drug-likeness (QED) is 0.405. The van der Waals surface area contributed by atoms with Crippen LogP contribution in [0.4, 0.5) is 0 Å². The fourth-order valence-electron chi connectivity index (χ4n) is 3.32. The standard InChI is InChI=1S/C24H39N3O4/c1-8-9-15-20(22(29)25-21(24(3,4)5)23(30)26(6)7)18(2)27(17-28)31-16-19-13-11-10-12-14-19/h10-14,17-18,20-21H,8-9,15-16H2,1-7H3,(H,25,29). The molecule has 0 aliphatic carbocycles. The Morgan fingerprint density at radius 1 is 1.16 bits per heavy atom. The smallest absolute Gasteiger partial charge is 0.245 e. The second kappa shape index (κ2) is 12.4. The summed E-state index contributed by atoms with van der Waals surface area (Å²) in [6.45, 7) is 9.85. The number of benzene rings is 1. The first kappa shape index (κ1) is 26.6. The Morgan fingerprint density at radius 2 is 1.77 bits per heavy atom. The number of hydroxylamine groups is 2. The Labute approximate surface area is 187 Å². The molecule has 31 heavy (non-hydrogen) atoms. The minimum Gasteiger partial charge on any atom is -0.347 e. The third-order valence-electron chi connectivity index (χ3n) is 5.36. The van der Waals surface area contributed by atoms with Crippen molar-refractivity contribution in [3.05, 3.63) is 35.9 Å². The van der Waals surface area contributed by atoms with Gasteiger partial charge in [0.05, 0.1) is 12.0 Å². The van der Waals surface area contributed by atoms with Crippen molar-refractivity contribution in [1.82, 2.24) is 15.3 Å². The molecule has 0 aliphatic rings. The van der Waals surface area contributed by atoms with Crippen LogP contribution in [-0.4, -0.2) is 54.4 Å². The number of carbonyl (C=O) groups excluding carboxylic acids is 3. The van der Waals surface area contributed by atoms with Crippen molar-refractivity contribution in [3.63, 3.8) is 0 Å². The first-order valence-corrected chi connectivity index (χ1v) is 10.9. The van der Waals surface area contributed by atoms with E-state index >= 15 is 0 Å². The summed E-state index contributed by atoms with van der Waals surface area (Å²) in [5, 5.41) is 4.17. The van der Waals surface area contributed by atoms with Crippen LogP contribution in [0, 0.1) is 11.3 Å². The van der Waals surface area contributed by atoms with E-state index in [9.17, 15) is 14.4 Å². The highest BCUT2D eigenvalue weighted by atomic mass is 16.7. The van der Waals surface area contributed by atoms with Crippen molar-refractivity contribution in [2.45, 2.75) is 72.6 Å². The topological polar surface area (TPSA) is 79.0 Å². The van der Waals surface area contributed by atoms with Crippen molar-refractivity contribution in [2.24, 2.45) is 11.3 Å². The molecule has 1 aromatic carbocycles.